The molecule has 1 aliphatic rings. The van der Waals surface area contributed by atoms with Gasteiger partial charge in [-0.25, -0.2) is 9.79 Å². The molecule has 3 heterocycles. The maximum absolute atomic E-state index is 13.4. The quantitative estimate of drug-likeness (QED) is 0.425. The van der Waals surface area contributed by atoms with E-state index in [4.69, 9.17) is 9.47 Å². The van der Waals surface area contributed by atoms with Crippen LogP contribution in [0.5, 0.6) is 5.75 Å². The number of ether oxygens (including phenoxy) is 2. The van der Waals surface area contributed by atoms with Crippen molar-refractivity contribution in [2.24, 2.45) is 4.99 Å². The number of aromatic nitrogens is 1. The smallest absolute Gasteiger partial charge is 0.338 e. The summed E-state index contributed by atoms with van der Waals surface area (Å²) in [6, 6.07) is 9.89. The Bertz CT molecular complexity index is 1380. The van der Waals surface area contributed by atoms with Gasteiger partial charge in [0.2, 0.25) is 0 Å². The number of nitrogens with zero attached hydrogens (tertiary/aromatic N) is 2. The Morgan fingerprint density at radius 1 is 1.22 bits per heavy atom. The predicted octanol–water partition coefficient (Wildman–Crippen LogP) is 2.79. The summed E-state index contributed by atoms with van der Waals surface area (Å²) >= 11 is 2.82. The highest BCUT2D eigenvalue weighted by atomic mass is 32.1. The molecule has 2 aromatic heterocycles. The van der Waals surface area contributed by atoms with Crippen LogP contribution in [-0.4, -0.2) is 23.1 Å². The van der Waals surface area contributed by atoms with E-state index in [0.717, 1.165) is 4.88 Å². The van der Waals surface area contributed by atoms with Gasteiger partial charge < -0.3 is 9.47 Å². The van der Waals surface area contributed by atoms with Crippen LogP contribution in [0, 0.1) is 0 Å². The zero-order valence-electron chi connectivity index (χ0n) is 17.7. The van der Waals surface area contributed by atoms with Crippen LogP contribution in [0.3, 0.4) is 0 Å². The van der Waals surface area contributed by atoms with Crippen molar-refractivity contribution in [3.8, 4) is 5.75 Å². The van der Waals surface area contributed by atoms with Crippen LogP contribution in [0.25, 0.3) is 6.08 Å². The Labute approximate surface area is 191 Å². The fourth-order valence-corrected chi connectivity index (χ4v) is 5.26. The number of fused-ring (bicyclic) bond motifs is 1. The molecule has 0 amide bonds. The number of rotatable bonds is 5. The van der Waals surface area contributed by atoms with Gasteiger partial charge >= 0.3 is 11.9 Å². The van der Waals surface area contributed by atoms with E-state index in [2.05, 4.69) is 4.99 Å². The second-order valence-electron chi connectivity index (χ2n) is 6.98. The van der Waals surface area contributed by atoms with Gasteiger partial charge in [-0.15, -0.1) is 11.3 Å². The topological polar surface area (TPSA) is 87.0 Å². The first-order valence-electron chi connectivity index (χ1n) is 9.90. The fraction of sp³-hybridized carbons (Fsp3) is 0.217. The second-order valence-corrected chi connectivity index (χ2v) is 8.97. The van der Waals surface area contributed by atoms with Crippen LogP contribution in [0.1, 0.15) is 37.3 Å². The summed E-state index contributed by atoms with van der Waals surface area (Å²) in [5.74, 6) is -0.567. The van der Waals surface area contributed by atoms with Crippen molar-refractivity contribution in [3.63, 3.8) is 0 Å². The Morgan fingerprint density at radius 3 is 2.59 bits per heavy atom. The number of allylic oxidation sites excluding steroid dienone is 1. The third kappa shape index (κ3) is 4.21. The maximum atomic E-state index is 13.4. The predicted molar refractivity (Wildman–Crippen MR) is 122 cm³/mol. The van der Waals surface area contributed by atoms with Gasteiger partial charge in [-0.05, 0) is 49.1 Å². The maximum Gasteiger partial charge on any atom is 0.338 e. The van der Waals surface area contributed by atoms with E-state index in [0.29, 0.717) is 31.9 Å². The van der Waals surface area contributed by atoms with Crippen LogP contribution in [-0.2, 0) is 14.3 Å². The van der Waals surface area contributed by atoms with Crippen molar-refractivity contribution >= 4 is 40.7 Å². The molecule has 0 bridgehead atoms. The molecule has 9 heteroatoms. The average Bonchev–Trinajstić information content (AvgIpc) is 3.36. The first-order chi connectivity index (χ1) is 15.4. The molecule has 4 rings (SSSR count). The molecule has 32 heavy (non-hydrogen) atoms. The normalized spacial score (nSPS) is 15.8. The monoisotopic (exact) mass is 468 g/mol. The standard InChI is InChI=1S/C23H20N2O5S2/c1-4-29-22(28)19-13(2)24-23-25(21(27)18(32-23)12-17-6-5-11-31-17)20(19)15-7-9-16(10-8-15)30-14(3)26/h5-12,20H,4H2,1-3H3/b18-12+. The molecule has 7 nitrogen and oxygen atoms in total. The van der Waals surface area contributed by atoms with Gasteiger partial charge in [0.1, 0.15) is 5.75 Å². The minimum atomic E-state index is -0.706. The summed E-state index contributed by atoms with van der Waals surface area (Å²) in [6.07, 6.45) is 1.83. The van der Waals surface area contributed by atoms with Crippen molar-refractivity contribution < 1.29 is 19.1 Å². The van der Waals surface area contributed by atoms with Gasteiger partial charge in [0.25, 0.3) is 5.56 Å². The largest absolute Gasteiger partial charge is 0.463 e. The molecule has 0 spiro atoms. The first-order valence-corrected chi connectivity index (χ1v) is 11.6. The third-order valence-electron chi connectivity index (χ3n) is 4.79. The fourth-order valence-electron chi connectivity index (χ4n) is 3.49. The number of hydrogen-bond acceptors (Lipinski definition) is 8. The van der Waals surface area contributed by atoms with E-state index in [1.807, 2.05) is 23.6 Å². The number of hydrogen-bond donors (Lipinski definition) is 0. The number of benzene rings is 1. The highest BCUT2D eigenvalue weighted by Gasteiger charge is 2.33. The van der Waals surface area contributed by atoms with E-state index < -0.39 is 18.0 Å². The van der Waals surface area contributed by atoms with E-state index >= 15 is 0 Å². The van der Waals surface area contributed by atoms with Crippen molar-refractivity contribution in [3.05, 3.63) is 83.2 Å². The number of esters is 2. The third-order valence-corrected chi connectivity index (χ3v) is 6.59. The number of carbonyl (C=O) groups is 2. The summed E-state index contributed by atoms with van der Waals surface area (Å²) < 4.78 is 12.5. The molecule has 0 aliphatic carbocycles. The van der Waals surface area contributed by atoms with E-state index in [1.165, 1.54) is 34.2 Å². The second kappa shape index (κ2) is 9.05. The summed E-state index contributed by atoms with van der Waals surface area (Å²) in [4.78, 5) is 43.5. The number of thiazole rings is 1. The Morgan fingerprint density at radius 2 is 1.97 bits per heavy atom. The Balaban J connectivity index is 1.90. The molecule has 0 radical (unpaired) electrons. The van der Waals surface area contributed by atoms with Crippen LogP contribution >= 0.6 is 22.7 Å². The molecular formula is C23H20N2O5S2. The Kier molecular flexibility index (Phi) is 6.20. The van der Waals surface area contributed by atoms with Gasteiger partial charge in [-0.2, -0.15) is 0 Å². The number of thiophene rings is 1. The molecule has 1 aliphatic heterocycles. The molecule has 0 saturated heterocycles. The highest BCUT2D eigenvalue weighted by Crippen LogP contribution is 2.31. The van der Waals surface area contributed by atoms with E-state index in [1.54, 1.807) is 38.1 Å². The lowest BCUT2D eigenvalue weighted by Gasteiger charge is -2.24. The first kappa shape index (κ1) is 21.9. The van der Waals surface area contributed by atoms with Gasteiger partial charge in [-0.1, -0.05) is 29.5 Å². The molecule has 1 unspecified atom stereocenters. The van der Waals surface area contributed by atoms with Crippen molar-refractivity contribution in [2.75, 3.05) is 6.61 Å². The number of carbonyl (C=O) groups excluding carboxylic acids is 2. The van der Waals surface area contributed by atoms with Gasteiger partial charge in [0.15, 0.2) is 4.80 Å². The van der Waals surface area contributed by atoms with Crippen LogP contribution in [0.15, 0.2) is 62.8 Å². The zero-order chi connectivity index (χ0) is 22.8. The van der Waals surface area contributed by atoms with Crippen LogP contribution in [0.4, 0.5) is 0 Å². The molecule has 1 atom stereocenters. The minimum Gasteiger partial charge on any atom is -0.463 e. The lowest BCUT2D eigenvalue weighted by molar-refractivity contribution is -0.139. The molecule has 164 valence electrons. The van der Waals surface area contributed by atoms with Crippen molar-refractivity contribution in [1.82, 2.24) is 4.57 Å². The summed E-state index contributed by atoms with van der Waals surface area (Å²) in [5, 5.41) is 1.94. The zero-order valence-corrected chi connectivity index (χ0v) is 19.3. The van der Waals surface area contributed by atoms with Crippen molar-refractivity contribution in [2.45, 2.75) is 26.8 Å². The molecular weight excluding hydrogens is 448 g/mol. The molecule has 0 fully saturated rings. The van der Waals surface area contributed by atoms with E-state index in [-0.39, 0.29) is 12.2 Å². The van der Waals surface area contributed by atoms with E-state index in [9.17, 15) is 14.4 Å². The lowest BCUT2D eigenvalue weighted by Crippen LogP contribution is -2.39. The average molecular weight is 469 g/mol. The Hall–Kier alpha value is -3.30. The summed E-state index contributed by atoms with van der Waals surface area (Å²) in [5.41, 5.74) is 1.26. The molecule has 1 aromatic carbocycles. The summed E-state index contributed by atoms with van der Waals surface area (Å²) in [7, 11) is 0. The minimum absolute atomic E-state index is 0.205. The summed E-state index contributed by atoms with van der Waals surface area (Å²) in [6.45, 7) is 5.00. The van der Waals surface area contributed by atoms with Crippen LogP contribution < -0.4 is 19.6 Å². The SMILES string of the molecule is CCOC(=O)C1=C(C)N=c2s/c(=C/c3cccs3)c(=O)n2C1c1ccc(OC(C)=O)cc1. The van der Waals surface area contributed by atoms with Gasteiger partial charge in [0, 0.05) is 11.8 Å². The van der Waals surface area contributed by atoms with Crippen LogP contribution in [0.2, 0.25) is 0 Å². The lowest BCUT2D eigenvalue weighted by atomic mass is 9.96. The molecule has 0 N–H and O–H groups in total. The van der Waals surface area contributed by atoms with Gasteiger partial charge in [0.05, 0.1) is 28.5 Å². The van der Waals surface area contributed by atoms with Crippen molar-refractivity contribution in [1.29, 1.82) is 0 Å². The highest BCUT2D eigenvalue weighted by molar-refractivity contribution is 7.11. The molecule has 3 aromatic rings. The van der Waals surface area contributed by atoms with Gasteiger partial charge in [-0.3, -0.25) is 14.2 Å². The molecule has 0 saturated carbocycles.